The molecule has 4 nitrogen and oxygen atoms in total. The van der Waals surface area contributed by atoms with Gasteiger partial charge in [-0.2, -0.15) is 0 Å². The summed E-state index contributed by atoms with van der Waals surface area (Å²) in [6.45, 7) is 4.80. The van der Waals surface area contributed by atoms with E-state index in [0.29, 0.717) is 5.96 Å². The fraction of sp³-hybridized carbons (Fsp3) is 0.385. The lowest BCUT2D eigenvalue weighted by Gasteiger charge is -2.08. The Morgan fingerprint density at radius 1 is 1.41 bits per heavy atom. The SMILES string of the molecule is CCCN=C1NC(=O)C(c2cccc(C)c2)N1. The summed E-state index contributed by atoms with van der Waals surface area (Å²) in [4.78, 5) is 16.1. The predicted octanol–water partition coefficient (Wildman–Crippen LogP) is 1.52. The first-order chi connectivity index (χ1) is 8.20. The summed E-state index contributed by atoms with van der Waals surface area (Å²) in [6, 6.07) is 7.63. The number of hydrogen-bond acceptors (Lipinski definition) is 2. The van der Waals surface area contributed by atoms with Gasteiger partial charge >= 0.3 is 0 Å². The molecule has 0 aliphatic carbocycles. The number of aryl methyl sites for hydroxylation is 1. The molecule has 0 spiro atoms. The highest BCUT2D eigenvalue weighted by molar-refractivity contribution is 6.06. The highest BCUT2D eigenvalue weighted by atomic mass is 16.2. The van der Waals surface area contributed by atoms with Crippen LogP contribution in [0.1, 0.15) is 30.5 Å². The topological polar surface area (TPSA) is 53.5 Å². The normalized spacial score (nSPS) is 21.4. The van der Waals surface area contributed by atoms with Crippen molar-refractivity contribution in [2.24, 2.45) is 4.99 Å². The van der Waals surface area contributed by atoms with Crippen molar-refractivity contribution in [3.05, 3.63) is 35.4 Å². The number of carbonyl (C=O) groups is 1. The number of amides is 1. The van der Waals surface area contributed by atoms with Gasteiger partial charge in [-0.25, -0.2) is 0 Å². The van der Waals surface area contributed by atoms with Crippen LogP contribution in [0, 0.1) is 6.92 Å². The largest absolute Gasteiger partial charge is 0.340 e. The molecule has 2 rings (SSSR count). The molecule has 0 aromatic heterocycles. The first-order valence-corrected chi connectivity index (χ1v) is 5.89. The second-order valence-electron chi connectivity index (χ2n) is 4.21. The number of aliphatic imine (C=N–C) groups is 1. The van der Waals surface area contributed by atoms with E-state index in [1.807, 2.05) is 31.2 Å². The Balaban J connectivity index is 2.16. The molecule has 1 aromatic rings. The monoisotopic (exact) mass is 231 g/mol. The van der Waals surface area contributed by atoms with Gasteiger partial charge in [-0.1, -0.05) is 36.8 Å². The highest BCUT2D eigenvalue weighted by Gasteiger charge is 2.29. The molecule has 2 N–H and O–H groups in total. The number of nitrogens with one attached hydrogen (secondary N) is 2. The van der Waals surface area contributed by atoms with Crippen molar-refractivity contribution >= 4 is 11.9 Å². The quantitative estimate of drug-likeness (QED) is 0.828. The minimum atomic E-state index is -0.314. The van der Waals surface area contributed by atoms with Crippen molar-refractivity contribution in [3.63, 3.8) is 0 Å². The zero-order valence-corrected chi connectivity index (χ0v) is 10.2. The van der Waals surface area contributed by atoms with E-state index in [4.69, 9.17) is 0 Å². The Morgan fingerprint density at radius 3 is 2.94 bits per heavy atom. The molecule has 1 fully saturated rings. The summed E-state index contributed by atoms with van der Waals surface area (Å²) in [5.41, 5.74) is 2.13. The Labute approximate surface area is 101 Å². The molecule has 1 saturated heterocycles. The van der Waals surface area contributed by atoms with E-state index in [0.717, 1.165) is 24.1 Å². The van der Waals surface area contributed by atoms with Crippen LogP contribution in [0.25, 0.3) is 0 Å². The second-order valence-corrected chi connectivity index (χ2v) is 4.21. The van der Waals surface area contributed by atoms with E-state index in [2.05, 4.69) is 22.5 Å². The van der Waals surface area contributed by atoms with Gasteiger partial charge in [0.15, 0.2) is 5.96 Å². The molecule has 1 aromatic carbocycles. The average Bonchev–Trinajstić information content (AvgIpc) is 2.68. The van der Waals surface area contributed by atoms with E-state index in [-0.39, 0.29) is 11.9 Å². The van der Waals surface area contributed by atoms with Gasteiger partial charge in [0.1, 0.15) is 6.04 Å². The Bertz CT molecular complexity index is 454. The fourth-order valence-corrected chi connectivity index (χ4v) is 1.82. The van der Waals surface area contributed by atoms with Gasteiger partial charge in [-0.3, -0.25) is 15.1 Å². The molecule has 0 bridgehead atoms. The number of benzene rings is 1. The standard InChI is InChI=1S/C13H17N3O/c1-3-7-14-13-15-11(12(17)16-13)10-6-4-5-9(2)8-10/h4-6,8,11H,3,7H2,1-2H3,(H2,14,15,16,17). The van der Waals surface area contributed by atoms with Gasteiger partial charge < -0.3 is 5.32 Å². The van der Waals surface area contributed by atoms with E-state index in [1.54, 1.807) is 0 Å². The summed E-state index contributed by atoms with van der Waals surface area (Å²) in [7, 11) is 0. The minimum absolute atomic E-state index is 0.0366. The maximum absolute atomic E-state index is 11.8. The third kappa shape index (κ3) is 2.64. The molecule has 1 aliphatic rings. The van der Waals surface area contributed by atoms with Crippen molar-refractivity contribution in [3.8, 4) is 0 Å². The number of hydrogen-bond donors (Lipinski definition) is 2. The molecule has 1 atom stereocenters. The number of rotatable bonds is 3. The molecular weight excluding hydrogens is 214 g/mol. The van der Waals surface area contributed by atoms with Crippen LogP contribution in [-0.4, -0.2) is 18.4 Å². The summed E-state index contributed by atoms with van der Waals surface area (Å²) < 4.78 is 0. The summed E-state index contributed by atoms with van der Waals surface area (Å²) >= 11 is 0. The van der Waals surface area contributed by atoms with Crippen LogP contribution >= 0.6 is 0 Å². The number of nitrogens with zero attached hydrogens (tertiary/aromatic N) is 1. The molecule has 0 radical (unpaired) electrons. The van der Waals surface area contributed by atoms with Crippen LogP contribution in [0.15, 0.2) is 29.3 Å². The van der Waals surface area contributed by atoms with E-state index in [9.17, 15) is 4.79 Å². The molecule has 90 valence electrons. The van der Waals surface area contributed by atoms with Crippen LogP contribution in [0.2, 0.25) is 0 Å². The van der Waals surface area contributed by atoms with Gasteiger partial charge in [-0.05, 0) is 18.9 Å². The van der Waals surface area contributed by atoms with Crippen LogP contribution < -0.4 is 10.6 Å². The molecule has 17 heavy (non-hydrogen) atoms. The van der Waals surface area contributed by atoms with Crippen molar-refractivity contribution in [2.75, 3.05) is 6.54 Å². The average molecular weight is 231 g/mol. The summed E-state index contributed by atoms with van der Waals surface area (Å²) in [5, 5.41) is 5.87. The third-order valence-electron chi connectivity index (χ3n) is 2.65. The van der Waals surface area contributed by atoms with E-state index >= 15 is 0 Å². The molecule has 4 heteroatoms. The third-order valence-corrected chi connectivity index (χ3v) is 2.65. The maximum Gasteiger partial charge on any atom is 0.253 e. The molecule has 1 aliphatic heterocycles. The van der Waals surface area contributed by atoms with Gasteiger partial charge in [0.25, 0.3) is 5.91 Å². The molecule has 1 heterocycles. The first kappa shape index (κ1) is 11.6. The molecule has 0 saturated carbocycles. The zero-order chi connectivity index (χ0) is 12.3. The smallest absolute Gasteiger partial charge is 0.253 e. The fourth-order valence-electron chi connectivity index (χ4n) is 1.82. The van der Waals surface area contributed by atoms with E-state index in [1.165, 1.54) is 0 Å². The van der Waals surface area contributed by atoms with Crippen LogP contribution in [0.3, 0.4) is 0 Å². The Hall–Kier alpha value is -1.84. The molecular formula is C13H17N3O. The highest BCUT2D eigenvalue weighted by Crippen LogP contribution is 2.17. The summed E-state index contributed by atoms with van der Waals surface area (Å²) in [6.07, 6.45) is 0.968. The van der Waals surface area contributed by atoms with Gasteiger partial charge in [0.05, 0.1) is 0 Å². The van der Waals surface area contributed by atoms with Crippen molar-refractivity contribution in [1.29, 1.82) is 0 Å². The van der Waals surface area contributed by atoms with Crippen molar-refractivity contribution in [1.82, 2.24) is 10.6 Å². The lowest BCUT2D eigenvalue weighted by Crippen LogP contribution is -2.25. The minimum Gasteiger partial charge on any atom is -0.340 e. The summed E-state index contributed by atoms with van der Waals surface area (Å²) in [5.74, 6) is 0.550. The van der Waals surface area contributed by atoms with Crippen molar-refractivity contribution in [2.45, 2.75) is 26.3 Å². The zero-order valence-electron chi connectivity index (χ0n) is 10.2. The lowest BCUT2D eigenvalue weighted by atomic mass is 10.1. The van der Waals surface area contributed by atoms with Gasteiger partial charge in [-0.15, -0.1) is 0 Å². The predicted molar refractivity (Wildman–Crippen MR) is 67.8 cm³/mol. The van der Waals surface area contributed by atoms with E-state index < -0.39 is 0 Å². The van der Waals surface area contributed by atoms with Gasteiger partial charge in [0.2, 0.25) is 0 Å². The molecule has 1 amide bonds. The van der Waals surface area contributed by atoms with Crippen LogP contribution in [0.4, 0.5) is 0 Å². The Kier molecular flexibility index (Phi) is 3.42. The van der Waals surface area contributed by atoms with Crippen LogP contribution in [-0.2, 0) is 4.79 Å². The van der Waals surface area contributed by atoms with Crippen LogP contribution in [0.5, 0.6) is 0 Å². The molecule has 1 unspecified atom stereocenters. The number of carbonyl (C=O) groups excluding carboxylic acids is 1. The van der Waals surface area contributed by atoms with Gasteiger partial charge in [0, 0.05) is 6.54 Å². The van der Waals surface area contributed by atoms with Crippen molar-refractivity contribution < 1.29 is 4.79 Å². The first-order valence-electron chi connectivity index (χ1n) is 5.89. The lowest BCUT2D eigenvalue weighted by molar-refractivity contribution is -0.120. The number of guanidine groups is 1. The Morgan fingerprint density at radius 2 is 2.24 bits per heavy atom. The maximum atomic E-state index is 11.8. The second kappa shape index (κ2) is 4.99.